The Morgan fingerprint density at radius 1 is 1.35 bits per heavy atom. The molecule has 0 bridgehead atoms. The van der Waals surface area contributed by atoms with E-state index in [4.69, 9.17) is 9.52 Å². The van der Waals surface area contributed by atoms with Gasteiger partial charge in [0.05, 0.1) is 6.54 Å². The van der Waals surface area contributed by atoms with Crippen molar-refractivity contribution in [2.24, 2.45) is 0 Å². The van der Waals surface area contributed by atoms with Crippen LogP contribution in [0.2, 0.25) is 0 Å². The third kappa shape index (κ3) is 2.85. The fraction of sp³-hybridized carbons (Fsp3) is 0.214. The lowest BCUT2D eigenvalue weighted by molar-refractivity contribution is 0.0694. The van der Waals surface area contributed by atoms with Gasteiger partial charge in [-0.3, -0.25) is 9.78 Å². The molecule has 0 unspecified atom stereocenters. The maximum Gasteiger partial charge on any atom is 0.339 e. The molecule has 20 heavy (non-hydrogen) atoms. The number of rotatable bonds is 4. The monoisotopic (exact) mass is 274 g/mol. The Kier molecular flexibility index (Phi) is 3.84. The summed E-state index contributed by atoms with van der Waals surface area (Å²) in [4.78, 5) is 28.4. The SMILES string of the molecule is Cc1oc(CN(C)C(=O)c2ccncc2)cc1C(=O)O. The second-order valence-corrected chi connectivity index (χ2v) is 4.38. The Bertz CT molecular complexity index is 634. The van der Waals surface area contributed by atoms with Gasteiger partial charge in [-0.25, -0.2) is 4.79 Å². The molecule has 1 amide bonds. The number of carboxylic acids is 1. The van der Waals surface area contributed by atoms with Gasteiger partial charge in [0, 0.05) is 25.0 Å². The maximum atomic E-state index is 12.1. The lowest BCUT2D eigenvalue weighted by Gasteiger charge is -2.15. The van der Waals surface area contributed by atoms with Gasteiger partial charge in [-0.05, 0) is 25.1 Å². The zero-order valence-corrected chi connectivity index (χ0v) is 11.2. The molecule has 0 spiro atoms. The van der Waals surface area contributed by atoms with Crippen molar-refractivity contribution in [3.8, 4) is 0 Å². The van der Waals surface area contributed by atoms with Crippen molar-refractivity contribution in [2.45, 2.75) is 13.5 Å². The van der Waals surface area contributed by atoms with Gasteiger partial charge in [0.25, 0.3) is 5.91 Å². The second kappa shape index (κ2) is 5.56. The maximum absolute atomic E-state index is 12.1. The van der Waals surface area contributed by atoms with Crippen LogP contribution in [0.1, 0.15) is 32.2 Å². The molecule has 6 heteroatoms. The van der Waals surface area contributed by atoms with Gasteiger partial charge < -0.3 is 14.4 Å². The number of hydrogen-bond acceptors (Lipinski definition) is 4. The summed E-state index contributed by atoms with van der Waals surface area (Å²) < 4.78 is 5.35. The molecule has 6 nitrogen and oxygen atoms in total. The van der Waals surface area contributed by atoms with Crippen molar-refractivity contribution in [1.82, 2.24) is 9.88 Å². The smallest absolute Gasteiger partial charge is 0.339 e. The van der Waals surface area contributed by atoms with Gasteiger partial charge in [-0.2, -0.15) is 0 Å². The molecule has 0 atom stereocenters. The van der Waals surface area contributed by atoms with Crippen LogP contribution in [0.25, 0.3) is 0 Å². The first-order valence-electron chi connectivity index (χ1n) is 5.97. The average molecular weight is 274 g/mol. The van der Waals surface area contributed by atoms with E-state index in [0.29, 0.717) is 17.1 Å². The Morgan fingerprint density at radius 2 is 2.00 bits per heavy atom. The fourth-order valence-electron chi connectivity index (χ4n) is 1.85. The van der Waals surface area contributed by atoms with E-state index in [0.717, 1.165) is 0 Å². The summed E-state index contributed by atoms with van der Waals surface area (Å²) in [5, 5.41) is 8.95. The molecule has 0 aliphatic carbocycles. The van der Waals surface area contributed by atoms with Gasteiger partial charge in [0.2, 0.25) is 0 Å². The van der Waals surface area contributed by atoms with Crippen LogP contribution in [0.5, 0.6) is 0 Å². The van der Waals surface area contributed by atoms with E-state index < -0.39 is 5.97 Å². The van der Waals surface area contributed by atoms with Crippen LogP contribution >= 0.6 is 0 Å². The Balaban J connectivity index is 2.12. The zero-order chi connectivity index (χ0) is 14.7. The predicted molar refractivity (Wildman–Crippen MR) is 70.4 cm³/mol. The van der Waals surface area contributed by atoms with Crippen LogP contribution in [0.3, 0.4) is 0 Å². The molecule has 104 valence electrons. The number of carbonyl (C=O) groups is 2. The van der Waals surface area contributed by atoms with Crippen molar-refractivity contribution in [3.63, 3.8) is 0 Å². The van der Waals surface area contributed by atoms with E-state index in [-0.39, 0.29) is 18.0 Å². The molecule has 2 aromatic rings. The van der Waals surface area contributed by atoms with Crippen molar-refractivity contribution >= 4 is 11.9 Å². The summed E-state index contributed by atoms with van der Waals surface area (Å²) in [6.45, 7) is 1.78. The highest BCUT2D eigenvalue weighted by molar-refractivity contribution is 5.93. The van der Waals surface area contributed by atoms with E-state index in [1.165, 1.54) is 11.0 Å². The Morgan fingerprint density at radius 3 is 2.55 bits per heavy atom. The summed E-state index contributed by atoms with van der Waals surface area (Å²) in [6, 6.07) is 4.68. The van der Waals surface area contributed by atoms with Gasteiger partial charge in [-0.15, -0.1) is 0 Å². The average Bonchev–Trinajstić information content (AvgIpc) is 2.79. The predicted octanol–water partition coefficient (Wildman–Crippen LogP) is 1.95. The minimum Gasteiger partial charge on any atom is -0.478 e. The zero-order valence-electron chi connectivity index (χ0n) is 11.2. The largest absolute Gasteiger partial charge is 0.478 e. The number of hydrogen-bond donors (Lipinski definition) is 1. The molecule has 0 radical (unpaired) electrons. The standard InChI is InChI=1S/C14H14N2O4/c1-9-12(14(18)19)7-11(20-9)8-16(2)13(17)10-3-5-15-6-4-10/h3-7H,8H2,1-2H3,(H,18,19). The van der Waals surface area contributed by atoms with Crippen molar-refractivity contribution in [2.75, 3.05) is 7.05 Å². The first kappa shape index (κ1) is 13.8. The number of carboxylic acid groups (broad SMARTS) is 1. The van der Waals surface area contributed by atoms with Crippen LogP contribution in [0, 0.1) is 6.92 Å². The van der Waals surface area contributed by atoms with Crippen LogP contribution in [-0.4, -0.2) is 33.9 Å². The topological polar surface area (TPSA) is 83.6 Å². The van der Waals surface area contributed by atoms with Crippen LogP contribution < -0.4 is 0 Å². The van der Waals surface area contributed by atoms with Gasteiger partial charge in [0.15, 0.2) is 0 Å². The van der Waals surface area contributed by atoms with Crippen molar-refractivity contribution in [3.05, 3.63) is 53.2 Å². The molecular formula is C14H14N2O4. The van der Waals surface area contributed by atoms with E-state index in [9.17, 15) is 9.59 Å². The molecule has 2 aromatic heterocycles. The Hall–Kier alpha value is -2.63. The van der Waals surface area contributed by atoms with Gasteiger partial charge in [-0.1, -0.05) is 0 Å². The number of furan rings is 1. The normalized spacial score (nSPS) is 10.3. The highest BCUT2D eigenvalue weighted by atomic mass is 16.4. The summed E-state index contributed by atoms with van der Waals surface area (Å²) in [6.07, 6.45) is 3.08. The van der Waals surface area contributed by atoms with Gasteiger partial charge >= 0.3 is 5.97 Å². The number of aromatic carboxylic acids is 1. The van der Waals surface area contributed by atoms with Crippen molar-refractivity contribution < 1.29 is 19.1 Å². The second-order valence-electron chi connectivity index (χ2n) is 4.38. The molecule has 0 aliphatic rings. The molecular weight excluding hydrogens is 260 g/mol. The summed E-state index contributed by atoms with van der Waals surface area (Å²) in [5.41, 5.74) is 0.633. The number of aryl methyl sites for hydroxylation is 1. The molecule has 0 aliphatic heterocycles. The third-order valence-electron chi connectivity index (χ3n) is 2.87. The minimum atomic E-state index is -1.04. The van der Waals surface area contributed by atoms with E-state index in [1.807, 2.05) is 0 Å². The molecule has 1 N–H and O–H groups in total. The fourth-order valence-corrected chi connectivity index (χ4v) is 1.85. The highest BCUT2D eigenvalue weighted by Gasteiger charge is 2.17. The molecule has 2 rings (SSSR count). The van der Waals surface area contributed by atoms with Gasteiger partial charge in [0.1, 0.15) is 17.1 Å². The Labute approximate surface area is 115 Å². The first-order valence-corrected chi connectivity index (χ1v) is 5.97. The first-order chi connectivity index (χ1) is 9.49. The van der Waals surface area contributed by atoms with Crippen LogP contribution in [0.4, 0.5) is 0 Å². The summed E-state index contributed by atoms with van der Waals surface area (Å²) in [5.74, 6) is -0.457. The number of amides is 1. The van der Waals surface area contributed by atoms with Crippen molar-refractivity contribution in [1.29, 1.82) is 0 Å². The number of nitrogens with zero attached hydrogens (tertiary/aromatic N) is 2. The quantitative estimate of drug-likeness (QED) is 0.921. The molecule has 0 aromatic carbocycles. The molecule has 0 saturated carbocycles. The van der Waals surface area contributed by atoms with E-state index in [2.05, 4.69) is 4.98 Å². The van der Waals surface area contributed by atoms with Crippen LogP contribution in [0.15, 0.2) is 35.0 Å². The summed E-state index contributed by atoms with van der Waals surface area (Å²) in [7, 11) is 1.63. The van der Waals surface area contributed by atoms with Crippen LogP contribution in [-0.2, 0) is 6.54 Å². The highest BCUT2D eigenvalue weighted by Crippen LogP contribution is 2.16. The third-order valence-corrected chi connectivity index (χ3v) is 2.87. The minimum absolute atomic E-state index is 0.116. The number of carbonyl (C=O) groups excluding carboxylic acids is 1. The van der Waals surface area contributed by atoms with E-state index >= 15 is 0 Å². The lowest BCUT2D eigenvalue weighted by Crippen LogP contribution is -2.25. The number of aromatic nitrogens is 1. The summed E-state index contributed by atoms with van der Waals surface area (Å²) >= 11 is 0. The molecule has 0 saturated heterocycles. The van der Waals surface area contributed by atoms with E-state index in [1.54, 1.807) is 38.5 Å². The molecule has 0 fully saturated rings. The lowest BCUT2D eigenvalue weighted by atomic mass is 10.2. The molecule has 2 heterocycles. The number of pyridine rings is 1.